The molecule has 0 aliphatic heterocycles. The summed E-state index contributed by atoms with van der Waals surface area (Å²) in [5.74, 6) is 0. The second-order valence-corrected chi connectivity index (χ2v) is 4.66. The van der Waals surface area contributed by atoms with E-state index in [0.29, 0.717) is 6.42 Å². The van der Waals surface area contributed by atoms with Gasteiger partial charge in [-0.05, 0) is 37.8 Å². The molecule has 0 radical (unpaired) electrons. The topological polar surface area (TPSA) is 72.6 Å². The maximum atomic E-state index is 10.7. The van der Waals surface area contributed by atoms with Crippen LogP contribution in [0.3, 0.4) is 0 Å². The number of nitrogens with two attached hydrogens (primary N) is 1. The number of aryl methyl sites for hydroxylation is 1. The predicted molar refractivity (Wildman–Crippen MR) is 65.4 cm³/mol. The molecule has 0 heterocycles. The molecule has 1 amide bonds. The van der Waals surface area contributed by atoms with E-state index in [1.54, 1.807) is 0 Å². The monoisotopic (exact) mass is 237 g/mol. The molecule has 0 atom stereocenters. The maximum Gasteiger partial charge on any atom is 0.405 e. The summed E-state index contributed by atoms with van der Waals surface area (Å²) >= 11 is 0. The van der Waals surface area contributed by atoms with Gasteiger partial charge in [0.1, 0.15) is 5.60 Å². The Hall–Kier alpha value is -1.55. The van der Waals surface area contributed by atoms with Crippen molar-refractivity contribution < 1.29 is 14.6 Å². The molecule has 0 aliphatic rings. The van der Waals surface area contributed by atoms with E-state index in [4.69, 9.17) is 15.6 Å². The van der Waals surface area contributed by atoms with Gasteiger partial charge in [0.05, 0.1) is 6.61 Å². The van der Waals surface area contributed by atoms with Gasteiger partial charge < -0.3 is 15.6 Å². The molecule has 0 fully saturated rings. The molecule has 4 heteroatoms. The van der Waals surface area contributed by atoms with Gasteiger partial charge >= 0.3 is 6.09 Å². The second-order valence-electron chi connectivity index (χ2n) is 4.66. The number of aliphatic hydroxyl groups is 1. The number of benzene rings is 1. The van der Waals surface area contributed by atoms with E-state index in [9.17, 15) is 4.79 Å². The number of carbonyl (C=O) groups excluding carboxylic acids is 1. The zero-order valence-electron chi connectivity index (χ0n) is 10.3. The third-order valence-electron chi connectivity index (χ3n) is 2.60. The minimum Gasteiger partial charge on any atom is -0.444 e. The van der Waals surface area contributed by atoms with Crippen LogP contribution in [0.1, 0.15) is 31.4 Å². The van der Waals surface area contributed by atoms with Crippen LogP contribution < -0.4 is 5.73 Å². The average Bonchev–Trinajstić information content (AvgIpc) is 2.25. The van der Waals surface area contributed by atoms with Gasteiger partial charge in [-0.15, -0.1) is 0 Å². The lowest BCUT2D eigenvalue weighted by molar-refractivity contribution is 0.0394. The Labute approximate surface area is 101 Å². The highest BCUT2D eigenvalue weighted by molar-refractivity contribution is 5.65. The zero-order valence-corrected chi connectivity index (χ0v) is 10.3. The van der Waals surface area contributed by atoms with Crippen molar-refractivity contribution in [3.05, 3.63) is 35.4 Å². The number of hydrogen-bond acceptors (Lipinski definition) is 3. The van der Waals surface area contributed by atoms with Crippen molar-refractivity contribution in [2.45, 2.75) is 38.9 Å². The molecule has 1 aromatic rings. The van der Waals surface area contributed by atoms with Crippen LogP contribution in [0.2, 0.25) is 0 Å². The van der Waals surface area contributed by atoms with Gasteiger partial charge in [0.25, 0.3) is 0 Å². The Morgan fingerprint density at radius 1 is 1.29 bits per heavy atom. The molecule has 94 valence electrons. The van der Waals surface area contributed by atoms with Crippen molar-refractivity contribution in [2.75, 3.05) is 0 Å². The van der Waals surface area contributed by atoms with Gasteiger partial charge in [-0.2, -0.15) is 0 Å². The number of amides is 1. The van der Waals surface area contributed by atoms with Crippen LogP contribution >= 0.6 is 0 Å². The van der Waals surface area contributed by atoms with E-state index >= 15 is 0 Å². The molecule has 0 aromatic heterocycles. The van der Waals surface area contributed by atoms with Gasteiger partial charge in [0, 0.05) is 0 Å². The lowest BCUT2D eigenvalue weighted by Gasteiger charge is -2.23. The molecule has 3 N–H and O–H groups in total. The van der Waals surface area contributed by atoms with Crippen LogP contribution in [-0.4, -0.2) is 16.8 Å². The molecule has 0 unspecified atom stereocenters. The largest absolute Gasteiger partial charge is 0.444 e. The van der Waals surface area contributed by atoms with Crippen LogP contribution in [0.4, 0.5) is 4.79 Å². The van der Waals surface area contributed by atoms with Gasteiger partial charge in [-0.25, -0.2) is 4.79 Å². The molecule has 0 saturated heterocycles. The fourth-order valence-electron chi connectivity index (χ4n) is 1.58. The minimum absolute atomic E-state index is 0.0521. The SMILES string of the molecule is CC(C)(CCc1ccc(CO)cc1)OC(N)=O. The first-order valence-electron chi connectivity index (χ1n) is 5.60. The van der Waals surface area contributed by atoms with Crippen molar-refractivity contribution in [1.29, 1.82) is 0 Å². The second kappa shape index (κ2) is 5.68. The average molecular weight is 237 g/mol. The Morgan fingerprint density at radius 2 is 1.82 bits per heavy atom. The lowest BCUT2D eigenvalue weighted by atomic mass is 9.98. The molecule has 1 aromatic carbocycles. The van der Waals surface area contributed by atoms with E-state index in [1.165, 1.54) is 0 Å². The summed E-state index contributed by atoms with van der Waals surface area (Å²) in [6.45, 7) is 3.72. The number of ether oxygens (including phenoxy) is 1. The highest BCUT2D eigenvalue weighted by atomic mass is 16.6. The van der Waals surface area contributed by atoms with Crippen molar-refractivity contribution in [2.24, 2.45) is 5.73 Å². The molecule has 1 rings (SSSR count). The van der Waals surface area contributed by atoms with Gasteiger partial charge in [0.15, 0.2) is 0 Å². The first kappa shape index (κ1) is 13.5. The Morgan fingerprint density at radius 3 is 2.29 bits per heavy atom. The van der Waals surface area contributed by atoms with Gasteiger partial charge in [-0.1, -0.05) is 24.3 Å². The van der Waals surface area contributed by atoms with Gasteiger partial charge in [0.2, 0.25) is 0 Å². The Balaban J connectivity index is 2.51. The quantitative estimate of drug-likeness (QED) is 0.822. The number of aliphatic hydroxyl groups excluding tert-OH is 1. The Kier molecular flexibility index (Phi) is 4.52. The first-order chi connectivity index (χ1) is 7.93. The van der Waals surface area contributed by atoms with Crippen molar-refractivity contribution in [1.82, 2.24) is 0 Å². The standard InChI is InChI=1S/C13H19NO3/c1-13(2,17-12(14)16)8-7-10-3-5-11(9-15)6-4-10/h3-6,15H,7-9H2,1-2H3,(H2,14,16). The molecular weight excluding hydrogens is 218 g/mol. The van der Waals surface area contributed by atoms with E-state index < -0.39 is 11.7 Å². The number of rotatable bonds is 5. The summed E-state index contributed by atoms with van der Waals surface area (Å²) in [7, 11) is 0. The van der Waals surface area contributed by atoms with Crippen molar-refractivity contribution in [3.63, 3.8) is 0 Å². The predicted octanol–water partition coefficient (Wildman–Crippen LogP) is 1.99. The summed E-state index contributed by atoms with van der Waals surface area (Å²) < 4.78 is 5.00. The zero-order chi connectivity index (χ0) is 12.9. The number of carbonyl (C=O) groups is 1. The molecule has 17 heavy (non-hydrogen) atoms. The van der Waals surface area contributed by atoms with Crippen molar-refractivity contribution in [3.8, 4) is 0 Å². The fraction of sp³-hybridized carbons (Fsp3) is 0.462. The molecular formula is C13H19NO3. The third kappa shape index (κ3) is 4.87. The highest BCUT2D eigenvalue weighted by Crippen LogP contribution is 2.18. The fourth-order valence-corrected chi connectivity index (χ4v) is 1.58. The molecule has 0 saturated carbocycles. The summed E-state index contributed by atoms with van der Waals surface area (Å²) in [6, 6.07) is 7.70. The number of primary amides is 1. The first-order valence-corrected chi connectivity index (χ1v) is 5.60. The van der Waals surface area contributed by atoms with Crippen molar-refractivity contribution >= 4 is 6.09 Å². The Bertz CT molecular complexity index is 371. The van der Waals surface area contributed by atoms with E-state index in [0.717, 1.165) is 17.5 Å². The van der Waals surface area contributed by atoms with Gasteiger partial charge in [-0.3, -0.25) is 0 Å². The van der Waals surface area contributed by atoms with Crippen LogP contribution in [0, 0.1) is 0 Å². The summed E-state index contributed by atoms with van der Waals surface area (Å²) in [4.78, 5) is 10.7. The molecule has 4 nitrogen and oxygen atoms in total. The summed E-state index contributed by atoms with van der Waals surface area (Å²) in [6.07, 6.45) is 0.756. The maximum absolute atomic E-state index is 10.7. The van der Waals surface area contributed by atoms with Crippen LogP contribution in [0.25, 0.3) is 0 Å². The smallest absolute Gasteiger partial charge is 0.405 e. The summed E-state index contributed by atoms with van der Waals surface area (Å²) in [5, 5.41) is 8.92. The van der Waals surface area contributed by atoms with E-state index in [2.05, 4.69) is 0 Å². The molecule has 0 spiro atoms. The summed E-state index contributed by atoms with van der Waals surface area (Å²) in [5.41, 5.74) is 6.47. The third-order valence-corrected chi connectivity index (χ3v) is 2.60. The lowest BCUT2D eigenvalue weighted by Crippen LogP contribution is -2.31. The van der Waals surface area contributed by atoms with Crippen LogP contribution in [0.15, 0.2) is 24.3 Å². The van der Waals surface area contributed by atoms with E-state index in [-0.39, 0.29) is 6.61 Å². The van der Waals surface area contributed by atoms with Crippen LogP contribution in [0.5, 0.6) is 0 Å². The minimum atomic E-state index is -0.745. The molecule has 0 aliphatic carbocycles. The van der Waals surface area contributed by atoms with Crippen LogP contribution in [-0.2, 0) is 17.8 Å². The molecule has 0 bridgehead atoms. The van der Waals surface area contributed by atoms with E-state index in [1.807, 2.05) is 38.1 Å². The normalized spacial score (nSPS) is 11.2. The highest BCUT2D eigenvalue weighted by Gasteiger charge is 2.21. The number of hydrogen-bond donors (Lipinski definition) is 2.